The maximum absolute atomic E-state index is 8.60. The maximum Gasteiger partial charge on any atom is 0.157 e. The molecule has 0 amide bonds. The number of rotatable bonds is 6. The SMILES string of the molecule is CCNCc1cncc(-c2cnc(N)c(C(=N)c3nc4ccccc4[nH]3)c2)c1. The molecular formula is C21H21N7. The fourth-order valence-corrected chi connectivity index (χ4v) is 3.04. The van der Waals surface area contributed by atoms with E-state index in [0.29, 0.717) is 17.2 Å². The summed E-state index contributed by atoms with van der Waals surface area (Å²) >= 11 is 0. The second kappa shape index (κ2) is 7.58. The zero-order chi connectivity index (χ0) is 19.5. The molecule has 0 spiro atoms. The number of aromatic amines is 1. The van der Waals surface area contributed by atoms with E-state index in [-0.39, 0.29) is 5.71 Å². The summed E-state index contributed by atoms with van der Waals surface area (Å²) in [5.74, 6) is 0.761. The first-order valence-electron chi connectivity index (χ1n) is 9.10. The molecule has 4 rings (SSSR count). The number of nitrogens with zero attached hydrogens (tertiary/aromatic N) is 3. The molecule has 0 unspecified atom stereocenters. The van der Waals surface area contributed by atoms with Crippen LogP contribution in [-0.4, -0.2) is 32.2 Å². The number of para-hydroxylation sites is 2. The van der Waals surface area contributed by atoms with Crippen LogP contribution >= 0.6 is 0 Å². The zero-order valence-electron chi connectivity index (χ0n) is 15.5. The van der Waals surface area contributed by atoms with Gasteiger partial charge in [0.05, 0.1) is 11.0 Å². The summed E-state index contributed by atoms with van der Waals surface area (Å²) in [6.07, 6.45) is 5.34. The highest BCUT2D eigenvalue weighted by Crippen LogP contribution is 2.24. The van der Waals surface area contributed by atoms with Crippen molar-refractivity contribution in [1.82, 2.24) is 25.3 Å². The van der Waals surface area contributed by atoms with E-state index in [2.05, 4.69) is 38.2 Å². The molecule has 3 aromatic heterocycles. The molecule has 0 fully saturated rings. The first kappa shape index (κ1) is 17.8. The largest absolute Gasteiger partial charge is 0.383 e. The second-order valence-electron chi connectivity index (χ2n) is 6.50. The number of hydrogen-bond donors (Lipinski definition) is 4. The minimum absolute atomic E-state index is 0.208. The van der Waals surface area contributed by atoms with Gasteiger partial charge in [-0.3, -0.25) is 10.4 Å². The summed E-state index contributed by atoms with van der Waals surface area (Å²) in [5, 5.41) is 11.9. The Morgan fingerprint density at radius 1 is 1.14 bits per heavy atom. The Hall–Kier alpha value is -3.58. The molecule has 0 saturated carbocycles. The van der Waals surface area contributed by atoms with Crippen molar-refractivity contribution in [3.63, 3.8) is 0 Å². The fraction of sp³-hybridized carbons (Fsp3) is 0.143. The lowest BCUT2D eigenvalue weighted by Crippen LogP contribution is -2.12. The Morgan fingerprint density at radius 2 is 1.96 bits per heavy atom. The Balaban J connectivity index is 1.70. The van der Waals surface area contributed by atoms with Crippen LogP contribution in [0.2, 0.25) is 0 Å². The molecule has 0 saturated heterocycles. The lowest BCUT2D eigenvalue weighted by atomic mass is 10.0. The van der Waals surface area contributed by atoms with Gasteiger partial charge in [-0.1, -0.05) is 19.1 Å². The van der Waals surface area contributed by atoms with E-state index in [1.54, 1.807) is 12.4 Å². The normalized spacial score (nSPS) is 11.0. The third kappa shape index (κ3) is 3.47. The average Bonchev–Trinajstić information content (AvgIpc) is 3.16. The van der Waals surface area contributed by atoms with Gasteiger partial charge < -0.3 is 16.0 Å². The molecule has 0 aliphatic carbocycles. The minimum atomic E-state index is 0.208. The molecule has 7 heteroatoms. The van der Waals surface area contributed by atoms with E-state index < -0.39 is 0 Å². The number of nitrogen functional groups attached to an aromatic ring is 1. The monoisotopic (exact) mass is 371 g/mol. The van der Waals surface area contributed by atoms with Crippen LogP contribution in [0.5, 0.6) is 0 Å². The van der Waals surface area contributed by atoms with Crippen LogP contribution in [0.15, 0.2) is 55.0 Å². The van der Waals surface area contributed by atoms with E-state index in [0.717, 1.165) is 40.8 Å². The second-order valence-corrected chi connectivity index (χ2v) is 6.50. The molecule has 140 valence electrons. The topological polar surface area (TPSA) is 116 Å². The van der Waals surface area contributed by atoms with Crippen molar-refractivity contribution in [1.29, 1.82) is 5.41 Å². The fourth-order valence-electron chi connectivity index (χ4n) is 3.04. The van der Waals surface area contributed by atoms with E-state index >= 15 is 0 Å². The molecule has 7 nitrogen and oxygen atoms in total. The number of aromatic nitrogens is 4. The molecule has 0 bridgehead atoms. The van der Waals surface area contributed by atoms with Crippen molar-refractivity contribution in [2.24, 2.45) is 0 Å². The maximum atomic E-state index is 8.60. The van der Waals surface area contributed by atoms with Gasteiger partial charge in [0.15, 0.2) is 5.82 Å². The van der Waals surface area contributed by atoms with Crippen LogP contribution < -0.4 is 11.1 Å². The van der Waals surface area contributed by atoms with Gasteiger partial charge in [-0.15, -0.1) is 0 Å². The Labute approximate surface area is 162 Å². The number of pyridine rings is 2. The lowest BCUT2D eigenvalue weighted by Gasteiger charge is -2.09. The van der Waals surface area contributed by atoms with E-state index in [9.17, 15) is 0 Å². The van der Waals surface area contributed by atoms with Gasteiger partial charge in [-0.2, -0.15) is 0 Å². The summed E-state index contributed by atoms with van der Waals surface area (Å²) in [6.45, 7) is 3.71. The quantitative estimate of drug-likeness (QED) is 0.389. The minimum Gasteiger partial charge on any atom is -0.383 e. The zero-order valence-corrected chi connectivity index (χ0v) is 15.5. The molecule has 5 N–H and O–H groups in total. The van der Waals surface area contributed by atoms with Gasteiger partial charge in [0, 0.05) is 41.8 Å². The molecule has 0 atom stereocenters. The van der Waals surface area contributed by atoms with Crippen molar-refractivity contribution < 1.29 is 0 Å². The third-order valence-corrected chi connectivity index (χ3v) is 4.52. The van der Waals surface area contributed by atoms with Crippen LogP contribution in [-0.2, 0) is 6.54 Å². The number of hydrogen-bond acceptors (Lipinski definition) is 6. The van der Waals surface area contributed by atoms with Crippen molar-refractivity contribution in [3.8, 4) is 11.1 Å². The summed E-state index contributed by atoms with van der Waals surface area (Å²) in [4.78, 5) is 16.3. The lowest BCUT2D eigenvalue weighted by molar-refractivity contribution is 0.724. The number of fused-ring (bicyclic) bond motifs is 1. The standard InChI is InChI=1S/C21H21N7/c1-2-24-9-13-7-14(11-25-10-13)15-8-16(20(23)26-12-15)19(22)21-27-17-5-3-4-6-18(17)28-21/h3-8,10-12,22,24H,2,9H2,1H3,(H2,23,26)(H,27,28). The summed E-state index contributed by atoms with van der Waals surface area (Å²) in [6, 6.07) is 11.6. The van der Waals surface area contributed by atoms with Crippen LogP contribution in [0, 0.1) is 5.41 Å². The molecule has 1 aromatic carbocycles. The van der Waals surface area contributed by atoms with Gasteiger partial charge in [0.1, 0.15) is 11.5 Å². The molecular weight excluding hydrogens is 350 g/mol. The molecule has 3 heterocycles. The smallest absolute Gasteiger partial charge is 0.157 e. The third-order valence-electron chi connectivity index (χ3n) is 4.52. The van der Waals surface area contributed by atoms with Crippen molar-refractivity contribution >= 4 is 22.6 Å². The Morgan fingerprint density at radius 3 is 2.79 bits per heavy atom. The first-order chi connectivity index (χ1) is 13.7. The highest BCUT2D eigenvalue weighted by molar-refractivity contribution is 6.12. The highest BCUT2D eigenvalue weighted by Gasteiger charge is 2.15. The van der Waals surface area contributed by atoms with E-state index in [1.807, 2.05) is 36.5 Å². The van der Waals surface area contributed by atoms with E-state index in [4.69, 9.17) is 11.1 Å². The van der Waals surface area contributed by atoms with Gasteiger partial charge in [0.2, 0.25) is 0 Å². The Kier molecular flexibility index (Phi) is 4.82. The van der Waals surface area contributed by atoms with Crippen LogP contribution in [0.3, 0.4) is 0 Å². The van der Waals surface area contributed by atoms with Gasteiger partial charge in [-0.25, -0.2) is 9.97 Å². The van der Waals surface area contributed by atoms with Crippen LogP contribution in [0.25, 0.3) is 22.2 Å². The first-order valence-corrected chi connectivity index (χ1v) is 9.10. The van der Waals surface area contributed by atoms with Crippen LogP contribution in [0.4, 0.5) is 5.82 Å². The van der Waals surface area contributed by atoms with Crippen LogP contribution in [0.1, 0.15) is 23.9 Å². The number of nitrogens with two attached hydrogens (primary N) is 1. The summed E-state index contributed by atoms with van der Waals surface area (Å²) in [7, 11) is 0. The van der Waals surface area contributed by atoms with E-state index in [1.165, 1.54) is 0 Å². The molecule has 28 heavy (non-hydrogen) atoms. The predicted molar refractivity (Wildman–Crippen MR) is 111 cm³/mol. The average molecular weight is 371 g/mol. The number of H-pyrrole nitrogens is 1. The molecule has 0 aliphatic heterocycles. The Bertz CT molecular complexity index is 1110. The predicted octanol–water partition coefficient (Wildman–Crippen LogP) is 3.13. The van der Waals surface area contributed by atoms with Gasteiger partial charge >= 0.3 is 0 Å². The van der Waals surface area contributed by atoms with Crippen molar-refractivity contribution in [3.05, 3.63) is 71.9 Å². The van der Waals surface area contributed by atoms with Crippen molar-refractivity contribution in [2.75, 3.05) is 12.3 Å². The summed E-state index contributed by atoms with van der Waals surface area (Å²) < 4.78 is 0. The number of imidazole rings is 1. The molecule has 0 radical (unpaired) electrons. The van der Waals surface area contributed by atoms with Gasteiger partial charge in [0.25, 0.3) is 0 Å². The number of anilines is 1. The highest BCUT2D eigenvalue weighted by atomic mass is 14.9. The summed E-state index contributed by atoms with van der Waals surface area (Å²) in [5.41, 5.74) is 11.4. The number of nitrogens with one attached hydrogen (secondary N) is 3. The number of benzene rings is 1. The molecule has 0 aliphatic rings. The molecule has 4 aromatic rings. The van der Waals surface area contributed by atoms with Gasteiger partial charge in [-0.05, 0) is 36.4 Å². The van der Waals surface area contributed by atoms with Crippen molar-refractivity contribution in [2.45, 2.75) is 13.5 Å².